The first-order chi connectivity index (χ1) is 11.5. The molecule has 0 N–H and O–H groups in total. The fraction of sp³-hybridized carbons (Fsp3) is 0.211. The second-order valence-electron chi connectivity index (χ2n) is 5.81. The van der Waals surface area contributed by atoms with Gasteiger partial charge in [0.2, 0.25) is 0 Å². The van der Waals surface area contributed by atoms with Crippen molar-refractivity contribution >= 4 is 0 Å². The molecule has 124 valence electrons. The molecule has 5 heteroatoms. The van der Waals surface area contributed by atoms with E-state index in [-0.39, 0.29) is 6.04 Å². The zero-order chi connectivity index (χ0) is 17.1. The van der Waals surface area contributed by atoms with E-state index in [0.717, 1.165) is 17.3 Å². The van der Waals surface area contributed by atoms with Crippen molar-refractivity contribution < 1.29 is 13.3 Å². The van der Waals surface area contributed by atoms with E-state index in [2.05, 4.69) is 5.16 Å². The highest BCUT2D eigenvalue weighted by molar-refractivity contribution is 5.58. The standard InChI is InChI=1S/C19H18F2N2O/c1-13(15-8-9-17(20)18(21)10-15)23(2)12-16-11-19(22-24-16)14-6-4-3-5-7-14/h3-11,13H,12H2,1-2H3. The first-order valence-corrected chi connectivity index (χ1v) is 7.71. The van der Waals surface area contributed by atoms with Crippen LogP contribution in [0.25, 0.3) is 11.3 Å². The minimum Gasteiger partial charge on any atom is -0.359 e. The van der Waals surface area contributed by atoms with Gasteiger partial charge in [0.1, 0.15) is 5.69 Å². The molecule has 1 heterocycles. The Bertz CT molecular complexity index is 817. The lowest BCUT2D eigenvalue weighted by Gasteiger charge is -2.23. The van der Waals surface area contributed by atoms with Gasteiger partial charge in [-0.25, -0.2) is 8.78 Å². The second kappa shape index (κ2) is 6.93. The summed E-state index contributed by atoms with van der Waals surface area (Å²) in [5.41, 5.74) is 2.47. The lowest BCUT2D eigenvalue weighted by molar-refractivity contribution is 0.220. The van der Waals surface area contributed by atoms with Crippen LogP contribution in [-0.4, -0.2) is 17.1 Å². The van der Waals surface area contributed by atoms with E-state index in [1.807, 2.05) is 55.3 Å². The van der Waals surface area contributed by atoms with Crippen molar-refractivity contribution in [2.24, 2.45) is 0 Å². The van der Waals surface area contributed by atoms with Crippen LogP contribution >= 0.6 is 0 Å². The molecule has 3 aromatic rings. The lowest BCUT2D eigenvalue weighted by Crippen LogP contribution is -2.21. The van der Waals surface area contributed by atoms with Crippen LogP contribution < -0.4 is 0 Å². The van der Waals surface area contributed by atoms with Gasteiger partial charge in [-0.15, -0.1) is 0 Å². The van der Waals surface area contributed by atoms with E-state index >= 15 is 0 Å². The maximum atomic E-state index is 13.4. The van der Waals surface area contributed by atoms with E-state index in [4.69, 9.17) is 4.52 Å². The van der Waals surface area contributed by atoms with Crippen LogP contribution in [0.1, 0.15) is 24.3 Å². The summed E-state index contributed by atoms with van der Waals surface area (Å²) in [4.78, 5) is 1.99. The monoisotopic (exact) mass is 328 g/mol. The number of hydrogen-bond donors (Lipinski definition) is 0. The number of aromatic nitrogens is 1. The smallest absolute Gasteiger partial charge is 0.159 e. The van der Waals surface area contributed by atoms with Crippen LogP contribution in [0, 0.1) is 11.6 Å². The number of rotatable bonds is 5. The van der Waals surface area contributed by atoms with Crippen molar-refractivity contribution in [1.82, 2.24) is 10.1 Å². The average Bonchev–Trinajstić information content (AvgIpc) is 3.06. The number of halogens is 2. The summed E-state index contributed by atoms with van der Waals surface area (Å²) >= 11 is 0. The molecule has 0 radical (unpaired) electrons. The van der Waals surface area contributed by atoms with Gasteiger partial charge in [0.25, 0.3) is 0 Å². The highest BCUT2D eigenvalue weighted by Crippen LogP contribution is 2.24. The molecule has 0 spiro atoms. The molecule has 0 saturated heterocycles. The predicted octanol–water partition coefficient (Wildman–Crippen LogP) is 4.81. The predicted molar refractivity (Wildman–Crippen MR) is 88.2 cm³/mol. The molecule has 24 heavy (non-hydrogen) atoms. The Labute approximate surface area is 139 Å². The van der Waals surface area contributed by atoms with E-state index in [1.54, 1.807) is 6.07 Å². The summed E-state index contributed by atoms with van der Waals surface area (Å²) in [5.74, 6) is -0.957. The topological polar surface area (TPSA) is 29.3 Å². The zero-order valence-electron chi connectivity index (χ0n) is 13.5. The molecule has 1 unspecified atom stereocenters. The van der Waals surface area contributed by atoms with E-state index in [1.165, 1.54) is 6.07 Å². The first-order valence-electron chi connectivity index (χ1n) is 7.71. The highest BCUT2D eigenvalue weighted by Gasteiger charge is 2.16. The van der Waals surface area contributed by atoms with Crippen LogP contribution in [-0.2, 0) is 6.54 Å². The van der Waals surface area contributed by atoms with Crippen LogP contribution in [0.5, 0.6) is 0 Å². The van der Waals surface area contributed by atoms with Gasteiger partial charge in [-0.2, -0.15) is 0 Å². The van der Waals surface area contributed by atoms with E-state index < -0.39 is 11.6 Å². The summed E-state index contributed by atoms with van der Waals surface area (Å²) in [6.45, 7) is 2.45. The first kappa shape index (κ1) is 16.3. The molecule has 0 aliphatic rings. The third kappa shape index (κ3) is 3.51. The molecular formula is C19H18F2N2O. The molecule has 1 atom stereocenters. The van der Waals surface area contributed by atoms with Crippen molar-refractivity contribution in [2.75, 3.05) is 7.05 Å². The summed E-state index contributed by atoms with van der Waals surface area (Å²) in [5, 5.41) is 4.09. The van der Waals surface area contributed by atoms with E-state index in [9.17, 15) is 8.78 Å². The van der Waals surface area contributed by atoms with Gasteiger partial charge in [-0.1, -0.05) is 41.6 Å². The van der Waals surface area contributed by atoms with Crippen molar-refractivity contribution in [3.05, 3.63) is 77.6 Å². The molecule has 0 saturated carbocycles. The van der Waals surface area contributed by atoms with Crippen LogP contribution in [0.4, 0.5) is 8.78 Å². The van der Waals surface area contributed by atoms with Crippen LogP contribution in [0.15, 0.2) is 59.1 Å². The van der Waals surface area contributed by atoms with Gasteiger partial charge in [0.15, 0.2) is 17.4 Å². The third-order valence-electron chi connectivity index (χ3n) is 4.12. The molecule has 0 aliphatic carbocycles. The molecular weight excluding hydrogens is 310 g/mol. The molecule has 0 aliphatic heterocycles. The largest absolute Gasteiger partial charge is 0.359 e. The Balaban J connectivity index is 1.71. The quantitative estimate of drug-likeness (QED) is 0.673. The summed E-state index contributed by atoms with van der Waals surface area (Å²) in [6, 6.07) is 15.5. The van der Waals surface area contributed by atoms with Crippen molar-refractivity contribution in [3.8, 4) is 11.3 Å². The van der Waals surface area contributed by atoms with Gasteiger partial charge in [0.05, 0.1) is 6.54 Å². The lowest BCUT2D eigenvalue weighted by atomic mass is 10.1. The van der Waals surface area contributed by atoms with Gasteiger partial charge in [-0.3, -0.25) is 4.90 Å². The molecule has 3 nitrogen and oxygen atoms in total. The zero-order valence-corrected chi connectivity index (χ0v) is 13.5. The maximum absolute atomic E-state index is 13.4. The normalized spacial score (nSPS) is 12.5. The highest BCUT2D eigenvalue weighted by atomic mass is 19.2. The Kier molecular flexibility index (Phi) is 4.71. The molecule has 2 aromatic carbocycles. The second-order valence-corrected chi connectivity index (χ2v) is 5.81. The average molecular weight is 328 g/mol. The Morgan fingerprint density at radius 1 is 1.04 bits per heavy atom. The van der Waals surface area contributed by atoms with Crippen molar-refractivity contribution in [1.29, 1.82) is 0 Å². The third-order valence-corrected chi connectivity index (χ3v) is 4.12. The minimum absolute atomic E-state index is 0.0922. The fourth-order valence-electron chi connectivity index (χ4n) is 2.54. The Morgan fingerprint density at radius 3 is 2.50 bits per heavy atom. The van der Waals surface area contributed by atoms with Gasteiger partial charge >= 0.3 is 0 Å². The Hall–Kier alpha value is -2.53. The van der Waals surface area contributed by atoms with Crippen LogP contribution in [0.3, 0.4) is 0 Å². The number of hydrogen-bond acceptors (Lipinski definition) is 3. The molecule has 3 rings (SSSR count). The van der Waals surface area contributed by atoms with Gasteiger partial charge < -0.3 is 4.52 Å². The summed E-state index contributed by atoms with van der Waals surface area (Å²) < 4.78 is 31.9. The van der Waals surface area contributed by atoms with Crippen molar-refractivity contribution in [3.63, 3.8) is 0 Å². The summed E-state index contributed by atoms with van der Waals surface area (Å²) in [6.07, 6.45) is 0. The SMILES string of the molecule is CC(c1ccc(F)c(F)c1)N(C)Cc1cc(-c2ccccc2)no1. The van der Waals surface area contributed by atoms with E-state index in [0.29, 0.717) is 17.9 Å². The molecule has 0 bridgehead atoms. The van der Waals surface area contributed by atoms with Gasteiger partial charge in [-0.05, 0) is 31.7 Å². The number of benzene rings is 2. The number of nitrogens with zero attached hydrogens (tertiary/aromatic N) is 2. The fourth-order valence-corrected chi connectivity index (χ4v) is 2.54. The van der Waals surface area contributed by atoms with Crippen molar-refractivity contribution in [2.45, 2.75) is 19.5 Å². The summed E-state index contributed by atoms with van der Waals surface area (Å²) in [7, 11) is 1.90. The Morgan fingerprint density at radius 2 is 1.79 bits per heavy atom. The molecule has 0 amide bonds. The van der Waals surface area contributed by atoms with Crippen LogP contribution in [0.2, 0.25) is 0 Å². The minimum atomic E-state index is -0.837. The molecule has 0 fully saturated rings. The maximum Gasteiger partial charge on any atom is 0.159 e. The van der Waals surface area contributed by atoms with Gasteiger partial charge in [0, 0.05) is 17.7 Å². The molecule has 1 aromatic heterocycles.